The number of benzene rings is 1. The lowest BCUT2D eigenvalue weighted by molar-refractivity contribution is 0.320. The summed E-state index contributed by atoms with van der Waals surface area (Å²) in [6.07, 6.45) is 0.928. The van der Waals surface area contributed by atoms with E-state index in [2.05, 4.69) is 32.8 Å². The van der Waals surface area contributed by atoms with Gasteiger partial charge in [-0.25, -0.2) is 0 Å². The summed E-state index contributed by atoms with van der Waals surface area (Å²) < 4.78 is 5.77. The Hall–Kier alpha value is -0.510. The summed E-state index contributed by atoms with van der Waals surface area (Å²) in [5, 5.41) is 5.68. The molecule has 0 spiro atoms. The minimum atomic E-state index is 0.678. The van der Waals surface area contributed by atoms with Crippen LogP contribution in [0.2, 0.25) is 5.02 Å². The molecule has 0 aliphatic heterocycles. The Morgan fingerprint density at radius 1 is 1.29 bits per heavy atom. The second-order valence-electron chi connectivity index (χ2n) is 3.58. The monoisotopic (exact) mass is 330 g/mol. The van der Waals surface area contributed by atoms with Gasteiger partial charge >= 0.3 is 0 Å². The SMILES string of the molecule is Clc1cccc(OCCc2ccsc2)c1CBr. The zero-order valence-corrected chi connectivity index (χ0v) is 12.3. The maximum Gasteiger partial charge on any atom is 0.124 e. The van der Waals surface area contributed by atoms with Crippen LogP contribution in [0.1, 0.15) is 11.1 Å². The first-order valence-corrected chi connectivity index (χ1v) is 7.72. The van der Waals surface area contributed by atoms with Crippen LogP contribution in [-0.2, 0) is 11.8 Å². The van der Waals surface area contributed by atoms with Gasteiger partial charge in [0, 0.05) is 22.3 Å². The van der Waals surface area contributed by atoms with Crippen molar-refractivity contribution in [2.45, 2.75) is 11.8 Å². The molecule has 0 saturated carbocycles. The third-order valence-corrected chi connectivity index (χ3v) is 4.08. The largest absolute Gasteiger partial charge is 0.493 e. The second kappa shape index (κ2) is 6.43. The Morgan fingerprint density at radius 3 is 2.88 bits per heavy atom. The molecule has 90 valence electrons. The number of ether oxygens (including phenoxy) is 1. The summed E-state index contributed by atoms with van der Waals surface area (Å²) in [5.74, 6) is 0.865. The molecule has 0 aliphatic carbocycles. The first-order chi connectivity index (χ1) is 8.31. The van der Waals surface area contributed by atoms with E-state index in [0.29, 0.717) is 11.9 Å². The van der Waals surface area contributed by atoms with Gasteiger partial charge in [0.15, 0.2) is 0 Å². The van der Waals surface area contributed by atoms with Crippen LogP contribution >= 0.6 is 38.9 Å². The third-order valence-electron chi connectivity index (χ3n) is 2.44. The van der Waals surface area contributed by atoms with E-state index >= 15 is 0 Å². The van der Waals surface area contributed by atoms with Crippen molar-refractivity contribution < 1.29 is 4.74 Å². The highest BCUT2D eigenvalue weighted by atomic mass is 79.9. The van der Waals surface area contributed by atoms with Gasteiger partial charge < -0.3 is 4.74 Å². The fraction of sp³-hybridized carbons (Fsp3) is 0.231. The van der Waals surface area contributed by atoms with Crippen molar-refractivity contribution in [3.05, 3.63) is 51.2 Å². The van der Waals surface area contributed by atoms with Crippen LogP contribution in [0, 0.1) is 0 Å². The van der Waals surface area contributed by atoms with Crippen molar-refractivity contribution in [1.29, 1.82) is 0 Å². The summed E-state index contributed by atoms with van der Waals surface area (Å²) in [6.45, 7) is 0.678. The average molecular weight is 332 g/mol. The highest BCUT2D eigenvalue weighted by molar-refractivity contribution is 9.08. The van der Waals surface area contributed by atoms with Crippen molar-refractivity contribution in [2.75, 3.05) is 6.61 Å². The molecule has 0 N–H and O–H groups in total. The first kappa shape index (κ1) is 12.9. The number of halogens is 2. The Balaban J connectivity index is 1.97. The molecule has 4 heteroatoms. The van der Waals surface area contributed by atoms with Crippen molar-refractivity contribution in [3.8, 4) is 5.75 Å². The molecule has 0 fully saturated rings. The van der Waals surface area contributed by atoms with Crippen LogP contribution in [0.4, 0.5) is 0 Å². The van der Waals surface area contributed by atoms with Gasteiger partial charge in [-0.3, -0.25) is 0 Å². The molecule has 0 radical (unpaired) electrons. The lowest BCUT2D eigenvalue weighted by atomic mass is 10.2. The van der Waals surface area contributed by atoms with Gasteiger partial charge in [0.05, 0.1) is 6.61 Å². The predicted octanol–water partition coefficient (Wildman–Crippen LogP) is 4.92. The number of rotatable bonds is 5. The van der Waals surface area contributed by atoms with E-state index in [1.165, 1.54) is 5.56 Å². The predicted molar refractivity (Wildman–Crippen MR) is 77.6 cm³/mol. The fourth-order valence-electron chi connectivity index (χ4n) is 1.52. The van der Waals surface area contributed by atoms with Gasteiger partial charge in [0.1, 0.15) is 5.75 Å². The third kappa shape index (κ3) is 3.47. The van der Waals surface area contributed by atoms with E-state index in [-0.39, 0.29) is 0 Å². The average Bonchev–Trinajstić information content (AvgIpc) is 2.82. The number of thiophene rings is 1. The molecule has 0 aliphatic rings. The molecule has 0 amide bonds. The van der Waals surface area contributed by atoms with Crippen molar-refractivity contribution in [3.63, 3.8) is 0 Å². The maximum absolute atomic E-state index is 6.10. The van der Waals surface area contributed by atoms with Crippen LogP contribution in [-0.4, -0.2) is 6.61 Å². The summed E-state index contributed by atoms with van der Waals surface area (Å²) in [6, 6.07) is 7.87. The summed E-state index contributed by atoms with van der Waals surface area (Å²) in [7, 11) is 0. The van der Waals surface area contributed by atoms with Gasteiger partial charge in [-0.2, -0.15) is 11.3 Å². The lowest BCUT2D eigenvalue weighted by Gasteiger charge is -2.10. The highest BCUT2D eigenvalue weighted by Gasteiger charge is 2.06. The van der Waals surface area contributed by atoms with E-state index in [1.54, 1.807) is 11.3 Å². The molecule has 2 rings (SSSR count). The molecular weight excluding hydrogens is 320 g/mol. The maximum atomic E-state index is 6.10. The zero-order chi connectivity index (χ0) is 12.1. The molecule has 0 atom stereocenters. The minimum Gasteiger partial charge on any atom is -0.493 e. The van der Waals surface area contributed by atoms with E-state index in [0.717, 1.165) is 22.8 Å². The van der Waals surface area contributed by atoms with Gasteiger partial charge in [0.25, 0.3) is 0 Å². The van der Waals surface area contributed by atoms with Crippen LogP contribution in [0.15, 0.2) is 35.0 Å². The van der Waals surface area contributed by atoms with E-state index in [4.69, 9.17) is 16.3 Å². The van der Waals surface area contributed by atoms with E-state index < -0.39 is 0 Å². The van der Waals surface area contributed by atoms with Gasteiger partial charge in [-0.15, -0.1) is 0 Å². The van der Waals surface area contributed by atoms with Crippen molar-refractivity contribution in [2.24, 2.45) is 0 Å². The number of alkyl halides is 1. The first-order valence-electron chi connectivity index (χ1n) is 5.28. The van der Waals surface area contributed by atoms with E-state index in [9.17, 15) is 0 Å². The Labute approximate surface area is 119 Å². The Bertz CT molecular complexity index is 470. The van der Waals surface area contributed by atoms with E-state index in [1.807, 2.05) is 18.2 Å². The molecular formula is C13H12BrClOS. The standard InChI is InChI=1S/C13H12BrClOS/c14-8-11-12(15)2-1-3-13(11)16-6-4-10-5-7-17-9-10/h1-3,5,7,9H,4,6,8H2. The number of hydrogen-bond acceptors (Lipinski definition) is 2. The minimum absolute atomic E-state index is 0.678. The second-order valence-corrected chi connectivity index (χ2v) is 5.33. The van der Waals surface area contributed by atoms with Crippen molar-refractivity contribution >= 4 is 38.9 Å². The molecule has 1 heterocycles. The number of hydrogen-bond donors (Lipinski definition) is 0. The van der Waals surface area contributed by atoms with Gasteiger partial charge in [0.2, 0.25) is 0 Å². The van der Waals surface area contributed by atoms with Crippen molar-refractivity contribution in [1.82, 2.24) is 0 Å². The van der Waals surface area contributed by atoms with Gasteiger partial charge in [-0.05, 0) is 34.5 Å². The Kier molecular flexibility index (Phi) is 4.89. The fourth-order valence-corrected chi connectivity index (χ4v) is 3.19. The molecule has 0 saturated heterocycles. The summed E-state index contributed by atoms with van der Waals surface area (Å²) >= 11 is 11.2. The Morgan fingerprint density at radius 2 is 2.18 bits per heavy atom. The molecule has 1 aromatic carbocycles. The normalized spacial score (nSPS) is 10.5. The highest BCUT2D eigenvalue weighted by Crippen LogP contribution is 2.28. The van der Waals surface area contributed by atoms with Crippen LogP contribution in [0.25, 0.3) is 0 Å². The zero-order valence-electron chi connectivity index (χ0n) is 9.16. The summed E-state index contributed by atoms with van der Waals surface area (Å²) in [5.41, 5.74) is 2.33. The quantitative estimate of drug-likeness (QED) is 0.707. The molecule has 0 unspecified atom stereocenters. The van der Waals surface area contributed by atoms with Crippen LogP contribution < -0.4 is 4.74 Å². The topological polar surface area (TPSA) is 9.23 Å². The smallest absolute Gasteiger partial charge is 0.124 e. The molecule has 0 bridgehead atoms. The molecule has 1 nitrogen and oxygen atoms in total. The summed E-state index contributed by atoms with van der Waals surface area (Å²) in [4.78, 5) is 0. The van der Waals surface area contributed by atoms with Crippen LogP contribution in [0.3, 0.4) is 0 Å². The molecule has 2 aromatic rings. The molecule has 17 heavy (non-hydrogen) atoms. The van der Waals surface area contributed by atoms with Gasteiger partial charge in [-0.1, -0.05) is 33.6 Å². The van der Waals surface area contributed by atoms with Crippen LogP contribution in [0.5, 0.6) is 5.75 Å². The molecule has 1 aromatic heterocycles. The lowest BCUT2D eigenvalue weighted by Crippen LogP contribution is -2.02.